The number of fused-ring (bicyclic) bond motifs is 5. The summed E-state index contributed by atoms with van der Waals surface area (Å²) in [5, 5.41) is 20.6. The highest BCUT2D eigenvalue weighted by atomic mass is 19.3. The third kappa shape index (κ3) is 2.53. The van der Waals surface area contributed by atoms with Gasteiger partial charge in [-0.2, -0.15) is 0 Å². The molecule has 4 rings (SSSR count). The van der Waals surface area contributed by atoms with Crippen molar-refractivity contribution < 1.29 is 19.0 Å². The van der Waals surface area contributed by atoms with Gasteiger partial charge in [-0.15, -0.1) is 0 Å². The van der Waals surface area contributed by atoms with Gasteiger partial charge in [0.25, 0.3) is 5.92 Å². The van der Waals surface area contributed by atoms with Crippen molar-refractivity contribution in [2.75, 3.05) is 0 Å². The SMILES string of the molecule is CC(O)C1CC[C@H]2C3CCC4C[C@](C)(O)CCC4[C@H]3CC(F)(F)C12C. The molecule has 0 bridgehead atoms. The van der Waals surface area contributed by atoms with Crippen LogP contribution in [-0.2, 0) is 0 Å². The molecule has 4 fully saturated rings. The van der Waals surface area contributed by atoms with Crippen molar-refractivity contribution in [2.24, 2.45) is 40.9 Å². The molecule has 4 heteroatoms. The lowest BCUT2D eigenvalue weighted by Crippen LogP contribution is -2.59. The molecule has 0 aromatic rings. The highest BCUT2D eigenvalue weighted by molar-refractivity contribution is 5.13. The second kappa shape index (κ2) is 5.64. The van der Waals surface area contributed by atoms with Crippen molar-refractivity contribution in [1.82, 2.24) is 0 Å². The van der Waals surface area contributed by atoms with E-state index in [0.29, 0.717) is 17.8 Å². The first-order chi connectivity index (χ1) is 11.6. The Morgan fingerprint density at radius 1 is 0.920 bits per heavy atom. The zero-order valence-electron chi connectivity index (χ0n) is 15.8. The summed E-state index contributed by atoms with van der Waals surface area (Å²) in [6.45, 7) is 5.38. The van der Waals surface area contributed by atoms with Crippen LogP contribution in [0.5, 0.6) is 0 Å². The van der Waals surface area contributed by atoms with Gasteiger partial charge in [0.15, 0.2) is 0 Å². The van der Waals surface area contributed by atoms with Crippen molar-refractivity contribution in [3.05, 3.63) is 0 Å². The zero-order valence-corrected chi connectivity index (χ0v) is 15.8. The molecule has 0 radical (unpaired) electrons. The molecule has 9 atom stereocenters. The molecule has 0 spiro atoms. The van der Waals surface area contributed by atoms with Crippen molar-refractivity contribution in [2.45, 2.75) is 89.8 Å². The van der Waals surface area contributed by atoms with Crippen LogP contribution in [0.25, 0.3) is 0 Å². The van der Waals surface area contributed by atoms with Crippen molar-refractivity contribution in [3.8, 4) is 0 Å². The molecule has 4 saturated carbocycles. The fourth-order valence-electron chi connectivity index (χ4n) is 7.85. The van der Waals surface area contributed by atoms with Crippen molar-refractivity contribution >= 4 is 0 Å². The maximum absolute atomic E-state index is 15.5. The van der Waals surface area contributed by atoms with E-state index in [9.17, 15) is 10.2 Å². The first-order valence-electron chi connectivity index (χ1n) is 10.3. The van der Waals surface area contributed by atoms with Crippen molar-refractivity contribution in [3.63, 3.8) is 0 Å². The zero-order chi connectivity index (χ0) is 18.2. The van der Waals surface area contributed by atoms with Crippen LogP contribution in [0.4, 0.5) is 8.78 Å². The van der Waals surface area contributed by atoms with Crippen LogP contribution in [0, 0.1) is 40.9 Å². The number of aliphatic hydroxyl groups is 2. The molecule has 0 aromatic carbocycles. The Labute approximate surface area is 150 Å². The minimum atomic E-state index is -2.70. The molecule has 144 valence electrons. The van der Waals surface area contributed by atoms with Gasteiger partial charge in [0.2, 0.25) is 0 Å². The topological polar surface area (TPSA) is 40.5 Å². The number of rotatable bonds is 1. The van der Waals surface area contributed by atoms with Crippen LogP contribution in [0.1, 0.15) is 72.1 Å². The summed E-state index contributed by atoms with van der Waals surface area (Å²) in [7, 11) is 0. The van der Waals surface area contributed by atoms with Gasteiger partial charge >= 0.3 is 0 Å². The molecule has 2 nitrogen and oxygen atoms in total. The second-order valence-corrected chi connectivity index (χ2v) is 10.3. The van der Waals surface area contributed by atoms with Gasteiger partial charge in [-0.1, -0.05) is 6.92 Å². The highest BCUT2D eigenvalue weighted by Crippen LogP contribution is 2.69. The van der Waals surface area contributed by atoms with E-state index in [2.05, 4.69) is 0 Å². The van der Waals surface area contributed by atoms with E-state index < -0.39 is 23.0 Å². The van der Waals surface area contributed by atoms with Crippen LogP contribution in [-0.4, -0.2) is 27.8 Å². The average Bonchev–Trinajstić information content (AvgIpc) is 2.85. The summed E-state index contributed by atoms with van der Waals surface area (Å²) in [4.78, 5) is 0. The monoisotopic (exact) mass is 356 g/mol. The summed E-state index contributed by atoms with van der Waals surface area (Å²) in [5.41, 5.74) is -1.65. The van der Waals surface area contributed by atoms with Crippen LogP contribution >= 0.6 is 0 Å². The maximum Gasteiger partial charge on any atom is 0.254 e. The molecule has 25 heavy (non-hydrogen) atoms. The molecule has 0 aromatic heterocycles. The fourth-order valence-corrected chi connectivity index (χ4v) is 7.85. The summed E-state index contributed by atoms with van der Waals surface area (Å²) in [6, 6.07) is 0. The second-order valence-electron chi connectivity index (χ2n) is 10.3. The average molecular weight is 356 g/mol. The number of alkyl halides is 2. The Morgan fingerprint density at radius 2 is 1.64 bits per heavy atom. The molecular formula is C21H34F2O2. The molecule has 6 unspecified atom stereocenters. The van der Waals surface area contributed by atoms with E-state index in [-0.39, 0.29) is 24.2 Å². The largest absolute Gasteiger partial charge is 0.393 e. The number of halogens is 2. The van der Waals surface area contributed by atoms with Crippen molar-refractivity contribution in [1.29, 1.82) is 0 Å². The molecule has 4 aliphatic carbocycles. The predicted molar refractivity (Wildman–Crippen MR) is 93.2 cm³/mol. The van der Waals surface area contributed by atoms with E-state index in [1.807, 2.05) is 6.92 Å². The third-order valence-electron chi connectivity index (χ3n) is 9.00. The van der Waals surface area contributed by atoms with E-state index in [4.69, 9.17) is 0 Å². The van der Waals surface area contributed by atoms with Gasteiger partial charge in [0.05, 0.1) is 11.7 Å². The lowest BCUT2D eigenvalue weighted by atomic mass is 9.47. The Hall–Kier alpha value is -0.220. The van der Waals surface area contributed by atoms with Gasteiger partial charge in [-0.3, -0.25) is 0 Å². The molecule has 2 N–H and O–H groups in total. The summed E-state index contributed by atoms with van der Waals surface area (Å²) >= 11 is 0. The van der Waals surface area contributed by atoms with E-state index in [1.54, 1.807) is 13.8 Å². The normalized spacial score (nSPS) is 55.8. The molecule has 0 amide bonds. The van der Waals surface area contributed by atoms with E-state index in [1.165, 1.54) is 0 Å². The minimum absolute atomic E-state index is 0.00278. The standard InChI is InChI=1S/C21H34F2O2/c1-12(24)17-6-7-18-15-5-4-13-10-19(2,25)9-8-14(13)16(15)11-21(22,23)20(17,18)3/h12-18,24-25H,4-11H2,1-3H3/t12?,13?,14?,15?,16-,17?,18+,19-,20?/m1/s1. The van der Waals surface area contributed by atoms with Crippen LogP contribution < -0.4 is 0 Å². The molecule has 0 saturated heterocycles. The number of aliphatic hydroxyl groups excluding tert-OH is 1. The Balaban J connectivity index is 1.64. The minimum Gasteiger partial charge on any atom is -0.393 e. The van der Waals surface area contributed by atoms with Gasteiger partial charge in [0.1, 0.15) is 0 Å². The third-order valence-corrected chi connectivity index (χ3v) is 9.00. The summed E-state index contributed by atoms with van der Waals surface area (Å²) in [5.74, 6) is -1.66. The van der Waals surface area contributed by atoms with Gasteiger partial charge in [0, 0.05) is 11.8 Å². The van der Waals surface area contributed by atoms with E-state index in [0.717, 1.165) is 44.9 Å². The van der Waals surface area contributed by atoms with E-state index >= 15 is 8.78 Å². The Kier molecular flexibility index (Phi) is 4.10. The maximum atomic E-state index is 15.5. The highest BCUT2D eigenvalue weighted by Gasteiger charge is 2.69. The van der Waals surface area contributed by atoms with Gasteiger partial charge in [-0.05, 0) is 94.3 Å². The van der Waals surface area contributed by atoms with Gasteiger partial charge in [-0.25, -0.2) is 8.78 Å². The molecule has 4 aliphatic rings. The lowest BCUT2D eigenvalue weighted by molar-refractivity contribution is -0.237. The number of hydrogen-bond donors (Lipinski definition) is 2. The Bertz CT molecular complexity index is 532. The molecule has 0 aliphatic heterocycles. The lowest BCUT2D eigenvalue weighted by Gasteiger charge is -2.59. The first kappa shape index (κ1) is 18.2. The van der Waals surface area contributed by atoms with Crippen LogP contribution in [0.3, 0.4) is 0 Å². The van der Waals surface area contributed by atoms with Crippen LogP contribution in [0.15, 0.2) is 0 Å². The summed E-state index contributed by atoms with van der Waals surface area (Å²) in [6.07, 6.45) is 5.47. The molecular weight excluding hydrogens is 322 g/mol. The summed E-state index contributed by atoms with van der Waals surface area (Å²) < 4.78 is 31.0. The number of hydrogen-bond acceptors (Lipinski definition) is 2. The smallest absolute Gasteiger partial charge is 0.254 e. The Morgan fingerprint density at radius 3 is 2.32 bits per heavy atom. The first-order valence-corrected chi connectivity index (χ1v) is 10.3. The van der Waals surface area contributed by atoms with Crippen LogP contribution in [0.2, 0.25) is 0 Å². The quantitative estimate of drug-likeness (QED) is 0.719. The predicted octanol–water partition coefficient (Wildman–Crippen LogP) is 4.63. The fraction of sp³-hybridized carbons (Fsp3) is 1.00. The molecule has 0 heterocycles. The van der Waals surface area contributed by atoms with Gasteiger partial charge < -0.3 is 10.2 Å².